The summed E-state index contributed by atoms with van der Waals surface area (Å²) in [6.45, 7) is 6.07. The third-order valence-electron chi connectivity index (χ3n) is 5.72. The van der Waals surface area contributed by atoms with E-state index in [4.69, 9.17) is 0 Å². The molecule has 178 valence electrons. The molecule has 1 N–H and O–H groups in total. The molecular formula is C29H33FN2O2. The number of amides is 2. The van der Waals surface area contributed by atoms with Gasteiger partial charge < -0.3 is 10.2 Å². The first-order valence-corrected chi connectivity index (χ1v) is 11.8. The van der Waals surface area contributed by atoms with Crippen molar-refractivity contribution in [3.63, 3.8) is 0 Å². The standard InChI is InChI=1S/C29H33FN2O2/c1-21(2)31-29(34)27(19-24-7-5-4-6-8-24)32(20-25-13-16-26(30)17-14-25)28(33)18-15-23-11-9-22(3)10-12-23/h4-14,16-17,21,27H,15,18-20H2,1-3H3,(H,31,34)/t27-/m1/s1. The Morgan fingerprint density at radius 3 is 2.09 bits per heavy atom. The van der Waals surface area contributed by atoms with Crippen molar-refractivity contribution in [1.82, 2.24) is 10.2 Å². The van der Waals surface area contributed by atoms with E-state index >= 15 is 0 Å². The van der Waals surface area contributed by atoms with Crippen LogP contribution >= 0.6 is 0 Å². The molecule has 0 aromatic heterocycles. The number of nitrogens with zero attached hydrogens (tertiary/aromatic N) is 1. The van der Waals surface area contributed by atoms with Gasteiger partial charge in [-0.15, -0.1) is 0 Å². The van der Waals surface area contributed by atoms with E-state index in [9.17, 15) is 14.0 Å². The Balaban J connectivity index is 1.89. The molecule has 4 nitrogen and oxygen atoms in total. The second-order valence-corrected chi connectivity index (χ2v) is 9.00. The first-order valence-electron chi connectivity index (χ1n) is 11.8. The minimum atomic E-state index is -0.680. The minimum absolute atomic E-state index is 0.0545. The van der Waals surface area contributed by atoms with Gasteiger partial charge in [0.1, 0.15) is 11.9 Å². The van der Waals surface area contributed by atoms with Gasteiger partial charge >= 0.3 is 0 Å². The van der Waals surface area contributed by atoms with Crippen molar-refractivity contribution in [3.05, 3.63) is 107 Å². The first kappa shape index (κ1) is 25.2. The highest BCUT2D eigenvalue weighted by molar-refractivity contribution is 5.88. The number of halogens is 1. The molecule has 0 fully saturated rings. The Labute approximate surface area is 201 Å². The SMILES string of the molecule is Cc1ccc(CCC(=O)N(Cc2ccc(F)cc2)[C@H](Cc2ccccc2)C(=O)NC(C)C)cc1. The van der Waals surface area contributed by atoms with Gasteiger partial charge in [-0.1, -0.05) is 72.3 Å². The van der Waals surface area contributed by atoms with Gasteiger partial charge in [-0.3, -0.25) is 9.59 Å². The maximum atomic E-state index is 13.5. The second kappa shape index (κ2) is 12.1. The van der Waals surface area contributed by atoms with Gasteiger partial charge in [-0.25, -0.2) is 4.39 Å². The largest absolute Gasteiger partial charge is 0.352 e. The maximum absolute atomic E-state index is 13.5. The highest BCUT2D eigenvalue weighted by atomic mass is 19.1. The molecule has 0 saturated heterocycles. The molecule has 0 aliphatic carbocycles. The lowest BCUT2D eigenvalue weighted by Gasteiger charge is -2.32. The van der Waals surface area contributed by atoms with Crippen molar-refractivity contribution in [2.45, 2.75) is 58.7 Å². The third kappa shape index (κ3) is 7.55. The van der Waals surface area contributed by atoms with Gasteiger partial charge in [-0.2, -0.15) is 0 Å². The quantitative estimate of drug-likeness (QED) is 0.450. The average molecular weight is 461 g/mol. The highest BCUT2D eigenvalue weighted by Crippen LogP contribution is 2.18. The van der Waals surface area contributed by atoms with E-state index in [1.54, 1.807) is 17.0 Å². The van der Waals surface area contributed by atoms with E-state index in [1.165, 1.54) is 17.7 Å². The number of hydrogen-bond acceptors (Lipinski definition) is 2. The Hall–Kier alpha value is -3.47. The van der Waals surface area contributed by atoms with Crippen molar-refractivity contribution in [1.29, 1.82) is 0 Å². The van der Waals surface area contributed by atoms with E-state index in [0.29, 0.717) is 12.8 Å². The molecule has 0 bridgehead atoms. The Bertz CT molecular complexity index is 1060. The molecule has 0 aliphatic rings. The molecule has 1 atom stereocenters. The van der Waals surface area contributed by atoms with Crippen molar-refractivity contribution in [3.8, 4) is 0 Å². The lowest BCUT2D eigenvalue weighted by molar-refractivity contribution is -0.141. The van der Waals surface area contributed by atoms with Crippen molar-refractivity contribution < 1.29 is 14.0 Å². The van der Waals surface area contributed by atoms with Crippen molar-refractivity contribution in [2.75, 3.05) is 0 Å². The van der Waals surface area contributed by atoms with E-state index in [1.807, 2.05) is 75.4 Å². The van der Waals surface area contributed by atoms with Crippen LogP contribution in [0.4, 0.5) is 4.39 Å². The van der Waals surface area contributed by atoms with Crippen LogP contribution in [0.25, 0.3) is 0 Å². The monoisotopic (exact) mass is 460 g/mol. The molecule has 3 aromatic rings. The number of aryl methyl sites for hydroxylation is 2. The molecular weight excluding hydrogens is 427 g/mol. The summed E-state index contributed by atoms with van der Waals surface area (Å²) < 4.78 is 13.5. The van der Waals surface area contributed by atoms with E-state index in [0.717, 1.165) is 16.7 Å². The molecule has 0 spiro atoms. The molecule has 0 unspecified atom stereocenters. The summed E-state index contributed by atoms with van der Waals surface area (Å²) in [5, 5.41) is 2.98. The lowest BCUT2D eigenvalue weighted by atomic mass is 10.0. The molecule has 0 radical (unpaired) electrons. The summed E-state index contributed by atoms with van der Waals surface area (Å²) in [4.78, 5) is 28.5. The molecule has 3 rings (SSSR count). The van der Waals surface area contributed by atoms with E-state index in [-0.39, 0.29) is 36.6 Å². The van der Waals surface area contributed by atoms with Crippen LogP contribution in [0.15, 0.2) is 78.9 Å². The van der Waals surface area contributed by atoms with Crippen LogP contribution in [0.5, 0.6) is 0 Å². The predicted molar refractivity (Wildman–Crippen MR) is 134 cm³/mol. The van der Waals surface area contributed by atoms with Crippen molar-refractivity contribution in [2.24, 2.45) is 0 Å². The Morgan fingerprint density at radius 2 is 1.47 bits per heavy atom. The summed E-state index contributed by atoms with van der Waals surface area (Å²) in [7, 11) is 0. The van der Waals surface area contributed by atoms with Crippen LogP contribution in [0.1, 0.15) is 42.5 Å². The zero-order chi connectivity index (χ0) is 24.5. The zero-order valence-corrected chi connectivity index (χ0v) is 20.1. The van der Waals surface area contributed by atoms with Gasteiger partial charge in [0.25, 0.3) is 0 Å². The van der Waals surface area contributed by atoms with E-state index < -0.39 is 6.04 Å². The summed E-state index contributed by atoms with van der Waals surface area (Å²) in [5.41, 5.74) is 4.00. The second-order valence-electron chi connectivity index (χ2n) is 9.00. The smallest absolute Gasteiger partial charge is 0.243 e. The van der Waals surface area contributed by atoms with Gasteiger partial charge in [0.05, 0.1) is 0 Å². The summed E-state index contributed by atoms with van der Waals surface area (Å²) in [6.07, 6.45) is 1.27. The summed E-state index contributed by atoms with van der Waals surface area (Å²) in [6, 6.07) is 23.2. The molecule has 0 saturated carbocycles. The van der Waals surface area contributed by atoms with Crippen LogP contribution < -0.4 is 5.32 Å². The number of carbonyl (C=O) groups is 2. The number of benzene rings is 3. The van der Waals surface area contributed by atoms with Gasteiger partial charge in [0.15, 0.2) is 0 Å². The van der Waals surface area contributed by atoms with Gasteiger partial charge in [0, 0.05) is 25.4 Å². The highest BCUT2D eigenvalue weighted by Gasteiger charge is 2.30. The first-order chi connectivity index (χ1) is 16.3. The molecule has 0 aliphatic heterocycles. The van der Waals surface area contributed by atoms with Gasteiger partial charge in [0.2, 0.25) is 11.8 Å². The number of rotatable bonds is 10. The Morgan fingerprint density at radius 1 is 0.853 bits per heavy atom. The summed E-state index contributed by atoms with van der Waals surface area (Å²) >= 11 is 0. The van der Waals surface area contributed by atoms with Crippen LogP contribution in [0.3, 0.4) is 0 Å². The van der Waals surface area contributed by atoms with Crippen LogP contribution in [-0.2, 0) is 29.0 Å². The molecule has 3 aromatic carbocycles. The topological polar surface area (TPSA) is 49.4 Å². The molecule has 5 heteroatoms. The van der Waals surface area contributed by atoms with Crippen molar-refractivity contribution >= 4 is 11.8 Å². The van der Waals surface area contributed by atoms with Crippen LogP contribution in [0.2, 0.25) is 0 Å². The number of carbonyl (C=O) groups excluding carboxylic acids is 2. The fourth-order valence-electron chi connectivity index (χ4n) is 3.87. The normalized spacial score (nSPS) is 11.8. The number of nitrogens with one attached hydrogen (secondary N) is 1. The maximum Gasteiger partial charge on any atom is 0.243 e. The fourth-order valence-corrected chi connectivity index (χ4v) is 3.87. The minimum Gasteiger partial charge on any atom is -0.352 e. The van der Waals surface area contributed by atoms with Crippen LogP contribution in [0, 0.1) is 12.7 Å². The number of hydrogen-bond donors (Lipinski definition) is 1. The predicted octanol–water partition coefficient (Wildman–Crippen LogP) is 5.23. The lowest BCUT2D eigenvalue weighted by Crippen LogP contribution is -2.51. The average Bonchev–Trinajstić information content (AvgIpc) is 2.82. The molecule has 2 amide bonds. The Kier molecular flexibility index (Phi) is 8.97. The van der Waals surface area contributed by atoms with Gasteiger partial charge in [-0.05, 0) is 56.0 Å². The fraction of sp³-hybridized carbons (Fsp3) is 0.310. The third-order valence-corrected chi connectivity index (χ3v) is 5.72. The van der Waals surface area contributed by atoms with E-state index in [2.05, 4.69) is 5.32 Å². The molecule has 34 heavy (non-hydrogen) atoms. The summed E-state index contributed by atoms with van der Waals surface area (Å²) in [5.74, 6) is -0.631. The van der Waals surface area contributed by atoms with Crippen LogP contribution in [-0.4, -0.2) is 28.8 Å². The zero-order valence-electron chi connectivity index (χ0n) is 20.1. The molecule has 0 heterocycles.